The molecule has 0 aliphatic carbocycles. The normalized spacial score (nSPS) is 10.5. The Balaban J connectivity index is 2.38. The van der Waals surface area contributed by atoms with E-state index in [-0.39, 0.29) is 0 Å². The van der Waals surface area contributed by atoms with Crippen LogP contribution in [0.25, 0.3) is 0 Å². The van der Waals surface area contributed by atoms with E-state index in [0.717, 1.165) is 36.4 Å². The molecule has 0 saturated carbocycles. The molecule has 1 N–H and O–H groups in total. The number of hydrogen-bond acceptors (Lipinski definition) is 3. The maximum Gasteiger partial charge on any atom is 0.133 e. The van der Waals surface area contributed by atoms with Crippen molar-refractivity contribution in [3.05, 3.63) is 28.2 Å². The Kier molecular flexibility index (Phi) is 7.24. The van der Waals surface area contributed by atoms with Gasteiger partial charge in [-0.3, -0.25) is 0 Å². The van der Waals surface area contributed by atoms with Crippen LogP contribution in [-0.2, 0) is 11.3 Å². The van der Waals surface area contributed by atoms with Crippen molar-refractivity contribution in [3.8, 4) is 5.75 Å². The lowest BCUT2D eigenvalue weighted by Gasteiger charge is -2.09. The molecule has 1 aromatic rings. The van der Waals surface area contributed by atoms with Crippen LogP contribution < -0.4 is 10.1 Å². The molecule has 1 aromatic carbocycles. The highest BCUT2D eigenvalue weighted by molar-refractivity contribution is 9.10. The molecule has 0 aliphatic heterocycles. The van der Waals surface area contributed by atoms with E-state index in [0.29, 0.717) is 6.61 Å². The molecule has 1 rings (SSSR count). The standard InChI is InChI=1S/C13H20BrNO2/c1-3-16-7-4-8-17-13-6-5-11(10-15-2)9-12(13)14/h5-6,9,15H,3-4,7-8,10H2,1-2H3. The van der Waals surface area contributed by atoms with Crippen LogP contribution in [0.1, 0.15) is 18.9 Å². The van der Waals surface area contributed by atoms with Crippen molar-refractivity contribution in [1.82, 2.24) is 5.32 Å². The Labute approximate surface area is 112 Å². The zero-order valence-corrected chi connectivity index (χ0v) is 12.0. The Morgan fingerprint density at radius 3 is 2.76 bits per heavy atom. The fourth-order valence-corrected chi connectivity index (χ4v) is 2.00. The van der Waals surface area contributed by atoms with E-state index in [4.69, 9.17) is 9.47 Å². The van der Waals surface area contributed by atoms with E-state index in [9.17, 15) is 0 Å². The van der Waals surface area contributed by atoms with Gasteiger partial charge in [-0.25, -0.2) is 0 Å². The van der Waals surface area contributed by atoms with Crippen LogP contribution in [0.3, 0.4) is 0 Å². The molecule has 17 heavy (non-hydrogen) atoms. The molecule has 0 aliphatic rings. The number of benzene rings is 1. The largest absolute Gasteiger partial charge is 0.492 e. The summed E-state index contributed by atoms with van der Waals surface area (Å²) >= 11 is 3.52. The lowest BCUT2D eigenvalue weighted by molar-refractivity contribution is 0.130. The minimum atomic E-state index is 0.684. The van der Waals surface area contributed by atoms with Gasteiger partial charge in [-0.15, -0.1) is 0 Å². The van der Waals surface area contributed by atoms with Gasteiger partial charge in [-0.05, 0) is 47.6 Å². The summed E-state index contributed by atoms with van der Waals surface area (Å²) in [5, 5.41) is 3.12. The van der Waals surface area contributed by atoms with Crippen LogP contribution in [0, 0.1) is 0 Å². The highest BCUT2D eigenvalue weighted by atomic mass is 79.9. The molecule has 0 bridgehead atoms. The minimum absolute atomic E-state index is 0.684. The van der Waals surface area contributed by atoms with Crippen molar-refractivity contribution in [1.29, 1.82) is 0 Å². The molecule has 0 aromatic heterocycles. The molecule has 0 radical (unpaired) electrons. The van der Waals surface area contributed by atoms with Crippen molar-refractivity contribution in [2.75, 3.05) is 26.9 Å². The van der Waals surface area contributed by atoms with Crippen molar-refractivity contribution in [3.63, 3.8) is 0 Å². The summed E-state index contributed by atoms with van der Waals surface area (Å²) in [7, 11) is 1.94. The molecule has 96 valence electrons. The monoisotopic (exact) mass is 301 g/mol. The Morgan fingerprint density at radius 2 is 2.12 bits per heavy atom. The average Bonchev–Trinajstić information content (AvgIpc) is 2.32. The first-order valence-corrected chi connectivity index (χ1v) is 6.70. The second-order valence-electron chi connectivity index (χ2n) is 3.69. The van der Waals surface area contributed by atoms with Crippen molar-refractivity contribution in [2.45, 2.75) is 19.9 Å². The third-order valence-corrected chi connectivity index (χ3v) is 2.89. The first-order valence-electron chi connectivity index (χ1n) is 5.91. The van der Waals surface area contributed by atoms with E-state index < -0.39 is 0 Å². The zero-order valence-electron chi connectivity index (χ0n) is 10.5. The molecule has 4 heteroatoms. The molecule has 0 fully saturated rings. The number of ether oxygens (including phenoxy) is 2. The highest BCUT2D eigenvalue weighted by Gasteiger charge is 2.02. The summed E-state index contributed by atoms with van der Waals surface area (Å²) in [5.74, 6) is 0.890. The summed E-state index contributed by atoms with van der Waals surface area (Å²) in [5.41, 5.74) is 1.24. The van der Waals surface area contributed by atoms with Gasteiger partial charge in [0.15, 0.2) is 0 Å². The van der Waals surface area contributed by atoms with Crippen LogP contribution in [0.4, 0.5) is 0 Å². The molecule has 0 saturated heterocycles. The summed E-state index contributed by atoms with van der Waals surface area (Å²) in [6.45, 7) is 5.07. The highest BCUT2D eigenvalue weighted by Crippen LogP contribution is 2.26. The van der Waals surface area contributed by atoms with Crippen molar-refractivity contribution in [2.24, 2.45) is 0 Å². The van der Waals surface area contributed by atoms with Crippen LogP contribution >= 0.6 is 15.9 Å². The van der Waals surface area contributed by atoms with Crippen LogP contribution in [-0.4, -0.2) is 26.9 Å². The van der Waals surface area contributed by atoms with Gasteiger partial charge < -0.3 is 14.8 Å². The zero-order chi connectivity index (χ0) is 12.5. The van der Waals surface area contributed by atoms with Gasteiger partial charge in [0, 0.05) is 26.2 Å². The summed E-state index contributed by atoms with van der Waals surface area (Å²) < 4.78 is 11.9. The third kappa shape index (κ3) is 5.52. The summed E-state index contributed by atoms with van der Waals surface area (Å²) in [6.07, 6.45) is 0.915. The molecule has 0 atom stereocenters. The van der Waals surface area contributed by atoms with E-state index in [2.05, 4.69) is 33.4 Å². The Morgan fingerprint density at radius 1 is 1.29 bits per heavy atom. The second kappa shape index (κ2) is 8.50. The van der Waals surface area contributed by atoms with Gasteiger partial charge in [-0.1, -0.05) is 6.07 Å². The number of nitrogens with one attached hydrogen (secondary N) is 1. The van der Waals surface area contributed by atoms with E-state index in [1.165, 1.54) is 5.56 Å². The predicted molar refractivity (Wildman–Crippen MR) is 73.5 cm³/mol. The number of halogens is 1. The molecular formula is C13H20BrNO2. The summed E-state index contributed by atoms with van der Waals surface area (Å²) in [6, 6.07) is 6.14. The molecule has 0 heterocycles. The Hall–Kier alpha value is -0.580. The summed E-state index contributed by atoms with van der Waals surface area (Å²) in [4.78, 5) is 0. The first-order chi connectivity index (χ1) is 8.27. The quantitative estimate of drug-likeness (QED) is 0.749. The van der Waals surface area contributed by atoms with Gasteiger partial charge in [0.05, 0.1) is 11.1 Å². The smallest absolute Gasteiger partial charge is 0.133 e. The van der Waals surface area contributed by atoms with Gasteiger partial charge in [0.25, 0.3) is 0 Å². The average molecular weight is 302 g/mol. The van der Waals surface area contributed by atoms with Crippen LogP contribution in [0.2, 0.25) is 0 Å². The number of hydrogen-bond donors (Lipinski definition) is 1. The minimum Gasteiger partial charge on any atom is -0.492 e. The van der Waals surface area contributed by atoms with Gasteiger partial charge in [0.1, 0.15) is 5.75 Å². The first kappa shape index (κ1) is 14.5. The third-order valence-electron chi connectivity index (χ3n) is 2.27. The predicted octanol–water partition coefficient (Wildman–Crippen LogP) is 2.97. The lowest BCUT2D eigenvalue weighted by atomic mass is 10.2. The van der Waals surface area contributed by atoms with Crippen LogP contribution in [0.5, 0.6) is 5.75 Å². The van der Waals surface area contributed by atoms with E-state index in [1.54, 1.807) is 0 Å². The number of rotatable bonds is 8. The van der Waals surface area contributed by atoms with Gasteiger partial charge >= 0.3 is 0 Å². The maximum absolute atomic E-state index is 5.67. The molecule has 0 unspecified atom stereocenters. The van der Waals surface area contributed by atoms with Gasteiger partial charge in [-0.2, -0.15) is 0 Å². The molecule has 0 amide bonds. The Bertz CT molecular complexity index is 331. The second-order valence-corrected chi connectivity index (χ2v) is 4.55. The van der Waals surface area contributed by atoms with Crippen molar-refractivity contribution >= 4 is 15.9 Å². The van der Waals surface area contributed by atoms with E-state index in [1.807, 2.05) is 20.0 Å². The fraction of sp³-hybridized carbons (Fsp3) is 0.538. The lowest BCUT2D eigenvalue weighted by Crippen LogP contribution is -2.06. The molecular weight excluding hydrogens is 282 g/mol. The topological polar surface area (TPSA) is 30.5 Å². The SMILES string of the molecule is CCOCCCOc1ccc(CNC)cc1Br. The van der Waals surface area contributed by atoms with Gasteiger partial charge in [0.2, 0.25) is 0 Å². The van der Waals surface area contributed by atoms with E-state index >= 15 is 0 Å². The van der Waals surface area contributed by atoms with Crippen molar-refractivity contribution < 1.29 is 9.47 Å². The van der Waals surface area contributed by atoms with Crippen LogP contribution in [0.15, 0.2) is 22.7 Å². The fourth-order valence-electron chi connectivity index (χ4n) is 1.46. The maximum atomic E-state index is 5.67. The molecule has 3 nitrogen and oxygen atoms in total. The molecule has 0 spiro atoms.